The molecule has 0 fully saturated rings. The van der Waals surface area contributed by atoms with E-state index in [-0.39, 0.29) is 0 Å². The third kappa shape index (κ3) is 2.81. The molecule has 90 valence electrons. The Kier molecular flexibility index (Phi) is 4.08. The van der Waals surface area contributed by atoms with Crippen molar-refractivity contribution in [3.05, 3.63) is 54.1 Å². The number of halogens is 2. The van der Waals surface area contributed by atoms with Crippen LogP contribution in [0.5, 0.6) is 0 Å². The first-order chi connectivity index (χ1) is 7.99. The van der Waals surface area contributed by atoms with Crippen molar-refractivity contribution in [3.8, 4) is 0 Å². The summed E-state index contributed by atoms with van der Waals surface area (Å²) in [6.45, 7) is 4.04. The van der Waals surface area contributed by atoms with Gasteiger partial charge in [-0.05, 0) is 64.7 Å². The Labute approximate surface area is 122 Å². The highest BCUT2D eigenvalue weighted by atomic mass is 79.9. The second-order valence-corrected chi connectivity index (χ2v) is 7.52. The van der Waals surface area contributed by atoms with Gasteiger partial charge in [0.25, 0.3) is 0 Å². The zero-order valence-corrected chi connectivity index (χ0v) is 13.5. The van der Waals surface area contributed by atoms with E-state index in [1.54, 1.807) is 11.3 Å². The van der Waals surface area contributed by atoms with Gasteiger partial charge in [-0.15, -0.1) is 11.3 Å². The van der Waals surface area contributed by atoms with E-state index in [0.717, 1.165) is 29.8 Å². The van der Waals surface area contributed by atoms with E-state index in [4.69, 9.17) is 0 Å². The molecule has 0 aliphatic carbocycles. The number of benzene rings is 1. The van der Waals surface area contributed by atoms with Crippen LogP contribution in [0.15, 0.2) is 32.5 Å². The van der Waals surface area contributed by atoms with Crippen LogP contribution in [0.4, 0.5) is 0 Å². The molecule has 1 nitrogen and oxygen atoms in total. The normalized spacial score (nSPS) is 12.8. The summed E-state index contributed by atoms with van der Waals surface area (Å²) >= 11 is 8.55. The number of hydrogen-bond acceptors (Lipinski definition) is 2. The average Bonchev–Trinajstić information content (AvgIpc) is 2.60. The molecule has 1 N–H and O–H groups in total. The van der Waals surface area contributed by atoms with Gasteiger partial charge in [-0.3, -0.25) is 0 Å². The molecule has 1 heterocycles. The third-order valence-electron chi connectivity index (χ3n) is 2.76. The standard InChI is InChI=1S/C13H12Br2OS/c1-7-3-4-9(14)5-10(7)13(16)11-6-12(15)17-8(11)2/h3-6,13,16H,1-2H3. The smallest absolute Gasteiger partial charge is 0.105 e. The maximum atomic E-state index is 10.5. The Bertz CT molecular complexity index is 548. The number of thiophene rings is 1. The maximum absolute atomic E-state index is 10.5. The summed E-state index contributed by atoms with van der Waals surface area (Å²) in [5.74, 6) is 0. The Morgan fingerprint density at radius 3 is 2.41 bits per heavy atom. The van der Waals surface area contributed by atoms with Crippen molar-refractivity contribution in [1.29, 1.82) is 0 Å². The van der Waals surface area contributed by atoms with E-state index < -0.39 is 6.10 Å². The summed E-state index contributed by atoms with van der Waals surface area (Å²) in [6.07, 6.45) is -0.560. The Hall–Kier alpha value is -0.160. The van der Waals surface area contributed by atoms with Gasteiger partial charge in [0.15, 0.2) is 0 Å². The average molecular weight is 376 g/mol. The lowest BCUT2D eigenvalue weighted by molar-refractivity contribution is 0.219. The van der Waals surface area contributed by atoms with Crippen LogP contribution in [-0.2, 0) is 0 Å². The lowest BCUT2D eigenvalue weighted by atomic mass is 9.98. The van der Waals surface area contributed by atoms with Gasteiger partial charge in [-0.25, -0.2) is 0 Å². The molecule has 4 heteroatoms. The first-order valence-corrected chi connectivity index (χ1v) is 7.59. The molecule has 0 spiro atoms. The zero-order chi connectivity index (χ0) is 12.6. The topological polar surface area (TPSA) is 20.2 Å². The molecule has 2 aromatic rings. The van der Waals surface area contributed by atoms with Crippen molar-refractivity contribution in [2.24, 2.45) is 0 Å². The van der Waals surface area contributed by atoms with E-state index in [9.17, 15) is 5.11 Å². The van der Waals surface area contributed by atoms with Crippen LogP contribution < -0.4 is 0 Å². The number of aliphatic hydroxyl groups is 1. The van der Waals surface area contributed by atoms with E-state index in [1.165, 1.54) is 0 Å². The Morgan fingerprint density at radius 1 is 1.12 bits per heavy atom. The zero-order valence-electron chi connectivity index (χ0n) is 9.50. The second kappa shape index (κ2) is 5.22. The van der Waals surface area contributed by atoms with Gasteiger partial charge in [0, 0.05) is 9.35 Å². The maximum Gasteiger partial charge on any atom is 0.105 e. The molecule has 1 atom stereocenters. The molecule has 0 saturated carbocycles. The van der Waals surface area contributed by atoms with Crippen LogP contribution >= 0.6 is 43.2 Å². The highest BCUT2D eigenvalue weighted by Crippen LogP contribution is 2.35. The van der Waals surface area contributed by atoms with Crippen LogP contribution in [-0.4, -0.2) is 5.11 Å². The van der Waals surface area contributed by atoms with Gasteiger partial charge in [0.2, 0.25) is 0 Å². The van der Waals surface area contributed by atoms with Gasteiger partial charge in [-0.2, -0.15) is 0 Å². The molecule has 0 aliphatic rings. The molecule has 0 radical (unpaired) electrons. The molecule has 0 bridgehead atoms. The molecular weight excluding hydrogens is 364 g/mol. The summed E-state index contributed by atoms with van der Waals surface area (Å²) < 4.78 is 2.04. The molecule has 1 aromatic heterocycles. The van der Waals surface area contributed by atoms with Crippen molar-refractivity contribution in [1.82, 2.24) is 0 Å². The molecular formula is C13H12Br2OS. The quantitative estimate of drug-likeness (QED) is 0.785. The fourth-order valence-electron chi connectivity index (χ4n) is 1.80. The van der Waals surface area contributed by atoms with E-state index in [0.29, 0.717) is 0 Å². The summed E-state index contributed by atoms with van der Waals surface area (Å²) in [7, 11) is 0. The molecule has 2 rings (SSSR count). The van der Waals surface area contributed by atoms with Gasteiger partial charge >= 0.3 is 0 Å². The van der Waals surface area contributed by atoms with Crippen molar-refractivity contribution >= 4 is 43.2 Å². The fourth-order valence-corrected chi connectivity index (χ4v) is 3.92. The van der Waals surface area contributed by atoms with Crippen molar-refractivity contribution in [2.75, 3.05) is 0 Å². The second-order valence-electron chi connectivity index (χ2n) is 3.97. The van der Waals surface area contributed by atoms with Gasteiger partial charge < -0.3 is 5.11 Å². The molecule has 17 heavy (non-hydrogen) atoms. The minimum absolute atomic E-state index is 0.560. The van der Waals surface area contributed by atoms with Gasteiger partial charge in [0.1, 0.15) is 6.10 Å². The van der Waals surface area contributed by atoms with E-state index in [1.807, 2.05) is 38.1 Å². The van der Waals surface area contributed by atoms with Crippen LogP contribution in [0.2, 0.25) is 0 Å². The summed E-state index contributed by atoms with van der Waals surface area (Å²) in [6, 6.07) is 7.97. The first-order valence-electron chi connectivity index (χ1n) is 5.19. The summed E-state index contributed by atoms with van der Waals surface area (Å²) in [5, 5.41) is 10.5. The minimum Gasteiger partial charge on any atom is -0.384 e. The van der Waals surface area contributed by atoms with Crippen LogP contribution in [0.1, 0.15) is 27.7 Å². The number of aliphatic hydroxyl groups excluding tert-OH is 1. The molecule has 1 aromatic carbocycles. The largest absolute Gasteiger partial charge is 0.384 e. The highest BCUT2D eigenvalue weighted by molar-refractivity contribution is 9.11. The van der Waals surface area contributed by atoms with Crippen molar-refractivity contribution < 1.29 is 5.11 Å². The predicted molar refractivity (Wildman–Crippen MR) is 79.7 cm³/mol. The molecule has 1 unspecified atom stereocenters. The molecule has 0 saturated heterocycles. The van der Waals surface area contributed by atoms with Crippen LogP contribution in [0, 0.1) is 13.8 Å². The summed E-state index contributed by atoms with van der Waals surface area (Å²) in [4.78, 5) is 1.14. The van der Waals surface area contributed by atoms with E-state index >= 15 is 0 Å². The van der Waals surface area contributed by atoms with Crippen LogP contribution in [0.25, 0.3) is 0 Å². The van der Waals surface area contributed by atoms with Crippen molar-refractivity contribution in [3.63, 3.8) is 0 Å². The lowest BCUT2D eigenvalue weighted by Gasteiger charge is -2.14. The summed E-state index contributed by atoms with van der Waals surface area (Å²) in [5.41, 5.74) is 3.03. The molecule has 0 amide bonds. The monoisotopic (exact) mass is 374 g/mol. The van der Waals surface area contributed by atoms with Crippen molar-refractivity contribution in [2.45, 2.75) is 20.0 Å². The number of hydrogen-bond donors (Lipinski definition) is 1. The fraction of sp³-hybridized carbons (Fsp3) is 0.231. The van der Waals surface area contributed by atoms with Gasteiger partial charge in [0.05, 0.1) is 3.79 Å². The lowest BCUT2D eigenvalue weighted by Crippen LogP contribution is -2.02. The highest BCUT2D eigenvalue weighted by Gasteiger charge is 2.17. The molecule has 0 aliphatic heterocycles. The number of aryl methyl sites for hydroxylation is 2. The van der Waals surface area contributed by atoms with Crippen LogP contribution in [0.3, 0.4) is 0 Å². The number of rotatable bonds is 2. The van der Waals surface area contributed by atoms with E-state index in [2.05, 4.69) is 31.9 Å². The SMILES string of the molecule is Cc1ccc(Br)cc1C(O)c1cc(Br)sc1C. The third-order valence-corrected chi connectivity index (χ3v) is 4.82. The Balaban J connectivity index is 2.46. The predicted octanol–water partition coefficient (Wildman–Crippen LogP) is 4.97. The van der Waals surface area contributed by atoms with Gasteiger partial charge in [-0.1, -0.05) is 22.0 Å². The minimum atomic E-state index is -0.560. The Morgan fingerprint density at radius 2 is 1.82 bits per heavy atom. The first kappa shape index (κ1) is 13.3.